The van der Waals surface area contributed by atoms with Crippen LogP contribution in [0.15, 0.2) is 48.5 Å². The van der Waals surface area contributed by atoms with E-state index in [0.717, 1.165) is 19.3 Å². The van der Waals surface area contributed by atoms with Crippen molar-refractivity contribution in [1.82, 2.24) is 0 Å². The Kier molecular flexibility index (Phi) is 5.18. The second-order valence-electron chi connectivity index (χ2n) is 7.86. The van der Waals surface area contributed by atoms with Gasteiger partial charge in [-0.25, -0.2) is 9.29 Å². The highest BCUT2D eigenvalue weighted by Crippen LogP contribution is 2.42. The second-order valence-corrected chi connectivity index (χ2v) is 7.86. The van der Waals surface area contributed by atoms with Gasteiger partial charge in [0, 0.05) is 11.6 Å². The molecule has 1 saturated carbocycles. The summed E-state index contributed by atoms with van der Waals surface area (Å²) in [5.74, 6) is -0.632. The second kappa shape index (κ2) is 7.78. The van der Waals surface area contributed by atoms with Gasteiger partial charge in [0.25, 0.3) is 0 Å². The van der Waals surface area contributed by atoms with Crippen LogP contribution in [0.4, 0.5) is 10.1 Å². The summed E-state index contributed by atoms with van der Waals surface area (Å²) in [6.45, 7) is 1.89. The summed E-state index contributed by atoms with van der Waals surface area (Å²) >= 11 is 0. The van der Waals surface area contributed by atoms with Crippen molar-refractivity contribution in [2.75, 3.05) is 11.5 Å². The number of carbonyl (C=O) groups excluding carboxylic acids is 3. The van der Waals surface area contributed by atoms with Crippen molar-refractivity contribution < 1.29 is 23.5 Å². The third-order valence-corrected chi connectivity index (χ3v) is 5.80. The zero-order valence-electron chi connectivity index (χ0n) is 16.1. The van der Waals surface area contributed by atoms with Gasteiger partial charge in [0.2, 0.25) is 11.8 Å². The number of amides is 2. The lowest BCUT2D eigenvalue weighted by atomic mass is 9.76. The highest BCUT2D eigenvalue weighted by molar-refractivity contribution is 6.22. The zero-order valence-corrected chi connectivity index (χ0v) is 16.1. The molecule has 3 atom stereocenters. The topological polar surface area (TPSA) is 63.7 Å². The van der Waals surface area contributed by atoms with E-state index in [-0.39, 0.29) is 36.0 Å². The molecule has 4 rings (SSSR count). The van der Waals surface area contributed by atoms with E-state index in [0.29, 0.717) is 22.9 Å². The average Bonchev–Trinajstić information content (AvgIpc) is 2.96. The summed E-state index contributed by atoms with van der Waals surface area (Å²) in [6, 6.07) is 11.9. The van der Waals surface area contributed by atoms with Gasteiger partial charge >= 0.3 is 0 Å². The summed E-state index contributed by atoms with van der Waals surface area (Å²) in [5.41, 5.74) is 0.819. The third-order valence-electron chi connectivity index (χ3n) is 5.80. The third kappa shape index (κ3) is 3.79. The maximum Gasteiger partial charge on any atom is 0.237 e. The highest BCUT2D eigenvalue weighted by atomic mass is 19.1. The maximum atomic E-state index is 13.0. The van der Waals surface area contributed by atoms with Crippen LogP contribution in [0.5, 0.6) is 5.75 Å². The van der Waals surface area contributed by atoms with Gasteiger partial charge in [0.05, 0.1) is 17.5 Å². The molecule has 150 valence electrons. The molecule has 1 aliphatic carbocycles. The Labute approximate surface area is 168 Å². The van der Waals surface area contributed by atoms with E-state index in [4.69, 9.17) is 4.74 Å². The number of anilines is 1. The van der Waals surface area contributed by atoms with E-state index in [1.807, 2.05) is 0 Å². The van der Waals surface area contributed by atoms with Crippen LogP contribution in [-0.4, -0.2) is 24.2 Å². The van der Waals surface area contributed by atoms with Crippen LogP contribution in [0.1, 0.15) is 36.5 Å². The predicted octanol–water partition coefficient (Wildman–Crippen LogP) is 4.01. The molecule has 2 amide bonds. The number of nitrogens with zero attached hydrogens (tertiary/aromatic N) is 1. The van der Waals surface area contributed by atoms with E-state index >= 15 is 0 Å². The van der Waals surface area contributed by atoms with Gasteiger partial charge < -0.3 is 4.74 Å². The van der Waals surface area contributed by atoms with E-state index in [2.05, 4.69) is 6.92 Å². The molecule has 2 aliphatic rings. The number of imide groups is 1. The number of fused-ring (bicyclic) bond motifs is 1. The minimum atomic E-state index is -0.412. The SMILES string of the molecule is C[C@@H]1CC[C@H]2C(=O)N(c3cccc(OCC(=O)c4ccc(F)cc4)c3)C(=O)[C@@H]2C1. The first kappa shape index (κ1) is 19.3. The molecule has 0 radical (unpaired) electrons. The van der Waals surface area contributed by atoms with Crippen LogP contribution in [-0.2, 0) is 9.59 Å². The van der Waals surface area contributed by atoms with Gasteiger partial charge in [-0.3, -0.25) is 14.4 Å². The normalized spacial score (nSPS) is 23.8. The number of rotatable bonds is 5. The van der Waals surface area contributed by atoms with Crippen molar-refractivity contribution in [2.45, 2.75) is 26.2 Å². The molecule has 5 nitrogen and oxygen atoms in total. The standard InChI is InChI=1S/C23H22FNO4/c1-14-5-10-19-20(11-14)23(28)25(22(19)27)17-3-2-4-18(12-17)29-13-21(26)15-6-8-16(24)9-7-15/h2-4,6-9,12,14,19-20H,5,10-11,13H2,1H3/t14-,19-,20-/m1/s1. The summed E-state index contributed by atoms with van der Waals surface area (Å²) in [7, 11) is 0. The molecular formula is C23H22FNO4. The van der Waals surface area contributed by atoms with Crippen molar-refractivity contribution >= 4 is 23.3 Å². The summed E-state index contributed by atoms with van der Waals surface area (Å²) in [5, 5.41) is 0. The first-order valence-electron chi connectivity index (χ1n) is 9.83. The van der Waals surface area contributed by atoms with Crippen LogP contribution in [0, 0.1) is 23.6 Å². The number of hydrogen-bond donors (Lipinski definition) is 0. The number of hydrogen-bond acceptors (Lipinski definition) is 4. The highest BCUT2D eigenvalue weighted by Gasteiger charge is 2.50. The smallest absolute Gasteiger partial charge is 0.237 e. The molecule has 2 fully saturated rings. The molecule has 1 aliphatic heterocycles. The first-order valence-corrected chi connectivity index (χ1v) is 9.83. The number of benzene rings is 2. The van der Waals surface area contributed by atoms with Gasteiger partial charge in [-0.05, 0) is 61.6 Å². The fourth-order valence-corrected chi connectivity index (χ4v) is 4.22. The molecule has 1 saturated heterocycles. The van der Waals surface area contributed by atoms with Crippen molar-refractivity contribution in [1.29, 1.82) is 0 Å². The lowest BCUT2D eigenvalue weighted by molar-refractivity contribution is -0.122. The molecule has 0 N–H and O–H groups in total. The minimum absolute atomic E-state index is 0.147. The molecule has 0 bridgehead atoms. The Bertz CT molecular complexity index is 956. The van der Waals surface area contributed by atoms with E-state index in [9.17, 15) is 18.8 Å². The molecule has 0 unspecified atom stereocenters. The summed E-state index contributed by atoms with van der Waals surface area (Å²) in [4.78, 5) is 39.2. The van der Waals surface area contributed by atoms with Crippen LogP contribution in [0.2, 0.25) is 0 Å². The fourth-order valence-electron chi connectivity index (χ4n) is 4.22. The number of carbonyl (C=O) groups is 3. The average molecular weight is 395 g/mol. The zero-order chi connectivity index (χ0) is 20.5. The predicted molar refractivity (Wildman–Crippen MR) is 105 cm³/mol. The molecule has 2 aromatic rings. The summed E-state index contributed by atoms with van der Waals surface area (Å²) in [6.07, 6.45) is 2.45. The molecule has 2 aromatic carbocycles. The molecule has 1 heterocycles. The number of ketones is 1. The Morgan fingerprint density at radius 2 is 1.79 bits per heavy atom. The Hall–Kier alpha value is -3.02. The first-order chi connectivity index (χ1) is 13.9. The molecule has 29 heavy (non-hydrogen) atoms. The minimum Gasteiger partial charge on any atom is -0.485 e. The van der Waals surface area contributed by atoms with Gasteiger partial charge in [-0.2, -0.15) is 0 Å². The quantitative estimate of drug-likeness (QED) is 0.567. The van der Waals surface area contributed by atoms with E-state index < -0.39 is 5.82 Å². The Morgan fingerprint density at radius 3 is 2.55 bits per heavy atom. The van der Waals surface area contributed by atoms with Crippen molar-refractivity contribution in [3.05, 3.63) is 59.9 Å². The fraction of sp³-hybridized carbons (Fsp3) is 0.348. The molecule has 0 spiro atoms. The van der Waals surface area contributed by atoms with Crippen molar-refractivity contribution in [3.63, 3.8) is 0 Å². The molecule has 6 heteroatoms. The Morgan fingerprint density at radius 1 is 1.07 bits per heavy atom. The number of ether oxygens (including phenoxy) is 1. The van der Waals surface area contributed by atoms with Gasteiger partial charge in [-0.15, -0.1) is 0 Å². The lowest BCUT2D eigenvalue weighted by Gasteiger charge is -2.25. The van der Waals surface area contributed by atoms with Gasteiger partial charge in [-0.1, -0.05) is 13.0 Å². The van der Waals surface area contributed by atoms with E-state index in [1.165, 1.54) is 29.2 Å². The van der Waals surface area contributed by atoms with Crippen LogP contribution < -0.4 is 9.64 Å². The van der Waals surface area contributed by atoms with Crippen LogP contribution in [0.25, 0.3) is 0 Å². The van der Waals surface area contributed by atoms with Gasteiger partial charge in [0.15, 0.2) is 12.4 Å². The molecular weight excluding hydrogens is 373 g/mol. The monoisotopic (exact) mass is 395 g/mol. The largest absolute Gasteiger partial charge is 0.485 e. The van der Waals surface area contributed by atoms with Crippen molar-refractivity contribution in [2.24, 2.45) is 17.8 Å². The van der Waals surface area contributed by atoms with Crippen LogP contribution in [0.3, 0.4) is 0 Å². The maximum absolute atomic E-state index is 13.0. The number of Topliss-reactive ketones (excluding diaryl/α,β-unsaturated/α-hetero) is 1. The Balaban J connectivity index is 1.47. The van der Waals surface area contributed by atoms with Gasteiger partial charge in [0.1, 0.15) is 11.6 Å². The lowest BCUT2D eigenvalue weighted by Crippen LogP contribution is -2.30. The molecule has 0 aromatic heterocycles. The summed E-state index contributed by atoms with van der Waals surface area (Å²) < 4.78 is 18.6. The van der Waals surface area contributed by atoms with E-state index in [1.54, 1.807) is 24.3 Å². The number of halogens is 1. The van der Waals surface area contributed by atoms with Crippen LogP contribution >= 0.6 is 0 Å². The van der Waals surface area contributed by atoms with Crippen molar-refractivity contribution in [3.8, 4) is 5.75 Å².